The number of halogens is 5. The number of pyridine rings is 1. The van der Waals surface area contributed by atoms with E-state index in [0.29, 0.717) is 0 Å². The molecule has 2 heterocycles. The number of nitrogens with one attached hydrogen (secondary N) is 1. The minimum Gasteiger partial charge on any atom is -0.453 e. The summed E-state index contributed by atoms with van der Waals surface area (Å²) in [6.07, 6.45) is -4.61. The van der Waals surface area contributed by atoms with Crippen LogP contribution in [0.3, 0.4) is 0 Å². The monoisotopic (exact) mass is 405 g/mol. The van der Waals surface area contributed by atoms with Gasteiger partial charge in [0.05, 0.1) is 16.8 Å². The van der Waals surface area contributed by atoms with Crippen molar-refractivity contribution in [3.8, 4) is 22.8 Å². The maximum absolute atomic E-state index is 14.4. The Balaban J connectivity index is 1.89. The summed E-state index contributed by atoms with van der Waals surface area (Å²) in [7, 11) is 0. The van der Waals surface area contributed by atoms with Gasteiger partial charge in [-0.05, 0) is 42.5 Å². The van der Waals surface area contributed by atoms with E-state index in [1.807, 2.05) is 0 Å². The Morgan fingerprint density at radius 3 is 2.48 bits per heavy atom. The van der Waals surface area contributed by atoms with E-state index in [-0.39, 0.29) is 39.5 Å². The Hall–Kier alpha value is -3.62. The zero-order valence-electron chi connectivity index (χ0n) is 14.5. The third-order valence-electron chi connectivity index (χ3n) is 4.24. The van der Waals surface area contributed by atoms with Gasteiger partial charge in [-0.15, -0.1) is 0 Å². The molecule has 0 radical (unpaired) electrons. The van der Waals surface area contributed by atoms with Gasteiger partial charge in [-0.25, -0.2) is 9.37 Å². The van der Waals surface area contributed by atoms with Gasteiger partial charge in [0, 0.05) is 17.0 Å². The second kappa shape index (κ2) is 6.77. The predicted octanol–water partition coefficient (Wildman–Crippen LogP) is 5.90. The van der Waals surface area contributed by atoms with Crippen LogP contribution in [0, 0.1) is 11.8 Å². The van der Waals surface area contributed by atoms with Gasteiger partial charge in [0.2, 0.25) is 0 Å². The number of ether oxygens (including phenoxy) is 1. The first kappa shape index (κ1) is 18.7. The number of hydrogen-bond donors (Lipinski definition) is 2. The van der Waals surface area contributed by atoms with Gasteiger partial charge in [0.25, 0.3) is 0 Å². The van der Waals surface area contributed by atoms with Gasteiger partial charge in [0.15, 0.2) is 17.5 Å². The molecule has 0 unspecified atom stereocenters. The summed E-state index contributed by atoms with van der Waals surface area (Å²) in [5.41, 5.74) is 5.05. The number of nitrogens with zero attached hydrogens (tertiary/aromatic N) is 1. The molecule has 29 heavy (non-hydrogen) atoms. The molecule has 0 aliphatic rings. The highest BCUT2D eigenvalue weighted by Gasteiger charge is 2.31. The third-order valence-corrected chi connectivity index (χ3v) is 4.24. The summed E-state index contributed by atoms with van der Waals surface area (Å²) in [4.78, 5) is 6.43. The summed E-state index contributed by atoms with van der Waals surface area (Å²) in [5.74, 6) is -1.84. The van der Waals surface area contributed by atoms with Crippen LogP contribution in [0.4, 0.5) is 27.8 Å². The molecule has 4 rings (SSSR count). The average Bonchev–Trinajstić information content (AvgIpc) is 3.04. The first-order valence-electron chi connectivity index (χ1n) is 8.31. The van der Waals surface area contributed by atoms with Crippen LogP contribution in [0.25, 0.3) is 22.2 Å². The van der Waals surface area contributed by atoms with E-state index in [9.17, 15) is 22.0 Å². The number of benzene rings is 2. The highest BCUT2D eigenvalue weighted by Crippen LogP contribution is 2.40. The molecule has 4 aromatic rings. The van der Waals surface area contributed by atoms with Crippen LogP contribution < -0.4 is 10.5 Å². The van der Waals surface area contributed by atoms with Crippen LogP contribution in [0.2, 0.25) is 0 Å². The van der Waals surface area contributed by atoms with E-state index < -0.39 is 23.5 Å². The van der Waals surface area contributed by atoms with Gasteiger partial charge >= 0.3 is 6.18 Å². The normalized spacial score (nSPS) is 11.8. The maximum atomic E-state index is 14.4. The lowest BCUT2D eigenvalue weighted by Gasteiger charge is -2.15. The number of aromatic amines is 1. The van der Waals surface area contributed by atoms with Gasteiger partial charge in [0.1, 0.15) is 11.6 Å². The third kappa shape index (κ3) is 3.58. The molecule has 0 atom stereocenters. The summed E-state index contributed by atoms with van der Waals surface area (Å²) in [6, 6.07) is 10.6. The number of aromatic nitrogens is 2. The zero-order chi connectivity index (χ0) is 20.8. The molecule has 0 spiro atoms. The van der Waals surface area contributed by atoms with Crippen molar-refractivity contribution >= 4 is 16.7 Å². The molecule has 0 saturated carbocycles. The van der Waals surface area contributed by atoms with Gasteiger partial charge in [-0.1, -0.05) is 6.07 Å². The smallest absolute Gasteiger partial charge is 0.416 e. The molecule has 0 aliphatic heterocycles. The van der Waals surface area contributed by atoms with Gasteiger partial charge in [-0.3, -0.25) is 0 Å². The van der Waals surface area contributed by atoms with Crippen molar-refractivity contribution in [1.82, 2.24) is 9.97 Å². The average molecular weight is 405 g/mol. The van der Waals surface area contributed by atoms with Crippen LogP contribution in [-0.2, 0) is 6.18 Å². The fourth-order valence-corrected chi connectivity index (χ4v) is 2.93. The van der Waals surface area contributed by atoms with E-state index in [1.165, 1.54) is 24.3 Å². The maximum Gasteiger partial charge on any atom is 0.416 e. The van der Waals surface area contributed by atoms with Crippen molar-refractivity contribution < 1.29 is 26.7 Å². The highest BCUT2D eigenvalue weighted by atomic mass is 19.4. The highest BCUT2D eigenvalue weighted by molar-refractivity contribution is 5.87. The molecule has 2 aromatic heterocycles. The lowest BCUT2D eigenvalue weighted by Crippen LogP contribution is -2.05. The summed E-state index contributed by atoms with van der Waals surface area (Å²) in [5, 5.41) is 0.105. The number of alkyl halides is 3. The van der Waals surface area contributed by atoms with Crippen LogP contribution in [0.5, 0.6) is 11.5 Å². The molecule has 0 saturated heterocycles. The summed E-state index contributed by atoms with van der Waals surface area (Å²) < 4.78 is 73.2. The number of rotatable bonds is 3. The molecule has 9 heteroatoms. The van der Waals surface area contributed by atoms with Crippen LogP contribution in [-0.4, -0.2) is 9.97 Å². The second-order valence-corrected chi connectivity index (χ2v) is 6.21. The molecule has 4 nitrogen and oxygen atoms in total. The van der Waals surface area contributed by atoms with E-state index in [4.69, 9.17) is 10.5 Å². The number of fused-ring (bicyclic) bond motifs is 1. The Morgan fingerprint density at radius 1 is 0.966 bits per heavy atom. The number of anilines is 1. The Kier molecular flexibility index (Phi) is 4.37. The molecule has 0 fully saturated rings. The topological polar surface area (TPSA) is 63.9 Å². The second-order valence-electron chi connectivity index (χ2n) is 6.21. The van der Waals surface area contributed by atoms with E-state index in [2.05, 4.69) is 9.97 Å². The standard InChI is InChI=1S/C20H12F5N3O/c21-13-5-6-15-12(9-17(22)27-15)19(13)29-16-7-4-10(20(23,24)25)8-11(16)14-2-1-3-18(26)28-14/h1-9,27H,(H2,26,28). The number of hydrogen-bond acceptors (Lipinski definition) is 3. The molecule has 2 aromatic carbocycles. The van der Waals surface area contributed by atoms with Gasteiger partial charge in [-0.2, -0.15) is 17.6 Å². The zero-order valence-corrected chi connectivity index (χ0v) is 14.5. The van der Waals surface area contributed by atoms with Crippen molar-refractivity contribution in [3.63, 3.8) is 0 Å². The summed E-state index contributed by atoms with van der Waals surface area (Å²) >= 11 is 0. The lowest BCUT2D eigenvalue weighted by atomic mass is 10.1. The minimum absolute atomic E-state index is 0.0421. The molecular formula is C20H12F5N3O. The molecule has 0 amide bonds. The van der Waals surface area contributed by atoms with E-state index >= 15 is 0 Å². The molecular weight excluding hydrogens is 393 g/mol. The molecule has 3 N–H and O–H groups in total. The fraction of sp³-hybridized carbons (Fsp3) is 0.0500. The fourth-order valence-electron chi connectivity index (χ4n) is 2.93. The van der Waals surface area contributed by atoms with Gasteiger partial charge < -0.3 is 15.5 Å². The van der Waals surface area contributed by atoms with Crippen molar-refractivity contribution in [2.45, 2.75) is 6.18 Å². The van der Waals surface area contributed by atoms with Crippen LogP contribution >= 0.6 is 0 Å². The largest absolute Gasteiger partial charge is 0.453 e. The Labute approximate surface area is 160 Å². The van der Waals surface area contributed by atoms with Crippen molar-refractivity contribution in [2.24, 2.45) is 0 Å². The number of nitrogen functional groups attached to an aromatic ring is 1. The van der Waals surface area contributed by atoms with Crippen LogP contribution in [0.15, 0.2) is 54.6 Å². The Bertz CT molecular complexity index is 1220. The summed E-state index contributed by atoms with van der Waals surface area (Å²) in [6.45, 7) is 0. The van der Waals surface area contributed by atoms with Crippen LogP contribution in [0.1, 0.15) is 5.56 Å². The SMILES string of the molecule is Nc1cccc(-c2cc(C(F)(F)F)ccc2Oc2c(F)ccc3[nH]c(F)cc23)n1. The van der Waals surface area contributed by atoms with E-state index in [1.54, 1.807) is 0 Å². The first-order valence-corrected chi connectivity index (χ1v) is 8.31. The van der Waals surface area contributed by atoms with Crippen molar-refractivity contribution in [1.29, 1.82) is 0 Å². The number of nitrogens with two attached hydrogens (primary N) is 1. The predicted molar refractivity (Wildman–Crippen MR) is 97.4 cm³/mol. The minimum atomic E-state index is -4.61. The lowest BCUT2D eigenvalue weighted by molar-refractivity contribution is -0.137. The van der Waals surface area contributed by atoms with Crippen molar-refractivity contribution in [2.75, 3.05) is 5.73 Å². The quantitative estimate of drug-likeness (QED) is 0.417. The Morgan fingerprint density at radius 2 is 1.76 bits per heavy atom. The number of H-pyrrole nitrogens is 1. The van der Waals surface area contributed by atoms with E-state index in [0.717, 1.165) is 30.3 Å². The molecule has 0 aliphatic carbocycles. The van der Waals surface area contributed by atoms with Crippen molar-refractivity contribution in [3.05, 3.63) is 71.9 Å². The molecule has 148 valence electrons. The molecule has 0 bridgehead atoms. The first-order chi connectivity index (χ1) is 13.7.